The van der Waals surface area contributed by atoms with Crippen LogP contribution in [0.2, 0.25) is 0 Å². The molecule has 4 nitrogen and oxygen atoms in total. The number of hydrogen-bond donors (Lipinski definition) is 3. The number of anilines is 1. The van der Waals surface area contributed by atoms with Gasteiger partial charge in [-0.2, -0.15) is 0 Å². The molecule has 4 N–H and O–H groups in total. The molecule has 18 heavy (non-hydrogen) atoms. The van der Waals surface area contributed by atoms with E-state index < -0.39 is 0 Å². The van der Waals surface area contributed by atoms with Crippen LogP contribution in [0, 0.1) is 5.92 Å². The summed E-state index contributed by atoms with van der Waals surface area (Å²) in [6, 6.07) is 7.35. The van der Waals surface area contributed by atoms with Crippen molar-refractivity contribution in [2.24, 2.45) is 5.92 Å². The van der Waals surface area contributed by atoms with Crippen LogP contribution in [0.4, 0.5) is 5.69 Å². The Bertz CT molecular complexity index is 380. The van der Waals surface area contributed by atoms with Crippen molar-refractivity contribution in [2.75, 3.05) is 18.9 Å². The quantitative estimate of drug-likeness (QED) is 0.639. The van der Waals surface area contributed by atoms with Crippen LogP contribution in [0.1, 0.15) is 25.3 Å². The molecule has 0 aliphatic heterocycles. The lowest BCUT2D eigenvalue weighted by atomic mass is 10.0. The highest BCUT2D eigenvalue weighted by Gasteiger charge is 2.08. The van der Waals surface area contributed by atoms with Gasteiger partial charge in [-0.25, -0.2) is 0 Å². The number of hydrogen-bond acceptors (Lipinski definition) is 3. The van der Waals surface area contributed by atoms with Crippen LogP contribution in [0.25, 0.3) is 0 Å². The lowest BCUT2D eigenvalue weighted by molar-refractivity contribution is -0.120. The number of amides is 1. The van der Waals surface area contributed by atoms with Crippen LogP contribution in [0.15, 0.2) is 24.3 Å². The van der Waals surface area contributed by atoms with Gasteiger partial charge in [0, 0.05) is 18.8 Å². The maximum Gasteiger partial charge on any atom is 0.224 e. The van der Waals surface area contributed by atoms with Crippen molar-refractivity contribution in [3.05, 3.63) is 29.8 Å². The summed E-state index contributed by atoms with van der Waals surface area (Å²) in [6.07, 6.45) is 2.04. The average Bonchev–Trinajstić information content (AvgIpc) is 2.34. The summed E-state index contributed by atoms with van der Waals surface area (Å²) in [5, 5.41) is 11.8. The summed E-state index contributed by atoms with van der Waals surface area (Å²) >= 11 is 0. The van der Waals surface area contributed by atoms with Gasteiger partial charge >= 0.3 is 0 Å². The van der Waals surface area contributed by atoms with Crippen molar-refractivity contribution < 1.29 is 9.90 Å². The Hall–Kier alpha value is -1.55. The Balaban J connectivity index is 2.37. The van der Waals surface area contributed by atoms with Gasteiger partial charge in [0.05, 0.1) is 6.42 Å². The normalized spacial score (nSPS) is 12.1. The van der Waals surface area contributed by atoms with E-state index in [1.165, 1.54) is 0 Å². The fraction of sp³-hybridized carbons (Fsp3) is 0.500. The molecule has 0 heterocycles. The summed E-state index contributed by atoms with van der Waals surface area (Å²) in [5.41, 5.74) is 7.25. The summed E-state index contributed by atoms with van der Waals surface area (Å²) in [4.78, 5) is 11.7. The zero-order valence-corrected chi connectivity index (χ0v) is 10.9. The largest absolute Gasteiger partial charge is 0.399 e. The van der Waals surface area contributed by atoms with E-state index in [1.807, 2.05) is 18.2 Å². The van der Waals surface area contributed by atoms with Crippen LogP contribution in [-0.2, 0) is 11.2 Å². The molecule has 1 aromatic carbocycles. The average molecular weight is 250 g/mol. The molecule has 0 aliphatic carbocycles. The van der Waals surface area contributed by atoms with Crippen molar-refractivity contribution in [1.82, 2.24) is 5.32 Å². The third-order valence-corrected chi connectivity index (χ3v) is 3.02. The molecule has 0 fully saturated rings. The van der Waals surface area contributed by atoms with Crippen molar-refractivity contribution in [2.45, 2.75) is 26.2 Å². The van der Waals surface area contributed by atoms with Gasteiger partial charge in [0.2, 0.25) is 5.91 Å². The Morgan fingerprint density at radius 3 is 2.89 bits per heavy atom. The number of carbonyl (C=O) groups excluding carboxylic acids is 1. The molecule has 0 saturated heterocycles. The predicted molar refractivity (Wildman–Crippen MR) is 73.1 cm³/mol. The summed E-state index contributed by atoms with van der Waals surface area (Å²) in [5.74, 6) is 0.344. The third kappa shape index (κ3) is 5.19. The van der Waals surface area contributed by atoms with E-state index in [2.05, 4.69) is 12.2 Å². The Kier molecular flexibility index (Phi) is 6.22. The number of nitrogens with two attached hydrogens (primary N) is 1. The van der Waals surface area contributed by atoms with E-state index in [1.54, 1.807) is 6.07 Å². The summed E-state index contributed by atoms with van der Waals surface area (Å²) in [6.45, 7) is 2.85. The molecule has 0 aliphatic rings. The smallest absolute Gasteiger partial charge is 0.224 e. The molecular formula is C14H22N2O2. The number of aliphatic hydroxyl groups excluding tert-OH is 1. The fourth-order valence-electron chi connectivity index (χ4n) is 1.84. The molecule has 0 aromatic heterocycles. The topological polar surface area (TPSA) is 75.3 Å². The van der Waals surface area contributed by atoms with E-state index in [9.17, 15) is 4.79 Å². The first-order chi connectivity index (χ1) is 8.65. The third-order valence-electron chi connectivity index (χ3n) is 3.02. The zero-order valence-electron chi connectivity index (χ0n) is 10.9. The van der Waals surface area contributed by atoms with E-state index in [0.717, 1.165) is 18.4 Å². The second-order valence-electron chi connectivity index (χ2n) is 4.51. The minimum absolute atomic E-state index is 0.00279. The molecule has 0 saturated carbocycles. The predicted octanol–water partition coefficient (Wildman–Crippen LogP) is 1.34. The van der Waals surface area contributed by atoms with Crippen molar-refractivity contribution in [3.63, 3.8) is 0 Å². The number of nitrogen functional groups attached to an aromatic ring is 1. The van der Waals surface area contributed by atoms with Crippen molar-refractivity contribution >= 4 is 11.6 Å². The second-order valence-corrected chi connectivity index (χ2v) is 4.51. The van der Waals surface area contributed by atoms with Crippen LogP contribution >= 0.6 is 0 Å². The molecule has 1 atom stereocenters. The number of rotatable bonds is 7. The number of carbonyl (C=O) groups is 1. The number of aliphatic hydroxyl groups is 1. The SMILES string of the molecule is CCC(CCO)CNC(=O)Cc1cccc(N)c1. The van der Waals surface area contributed by atoms with E-state index in [4.69, 9.17) is 10.8 Å². The maximum absolute atomic E-state index is 11.7. The van der Waals surface area contributed by atoms with Gasteiger partial charge in [-0.3, -0.25) is 4.79 Å². The van der Waals surface area contributed by atoms with Crippen molar-refractivity contribution in [1.29, 1.82) is 0 Å². The maximum atomic E-state index is 11.7. The molecule has 4 heteroatoms. The highest BCUT2D eigenvalue weighted by molar-refractivity contribution is 5.78. The molecule has 1 rings (SSSR count). The minimum Gasteiger partial charge on any atom is -0.399 e. The van der Waals surface area contributed by atoms with Crippen molar-refractivity contribution in [3.8, 4) is 0 Å². The molecule has 0 bridgehead atoms. The highest BCUT2D eigenvalue weighted by atomic mass is 16.3. The fourth-order valence-corrected chi connectivity index (χ4v) is 1.84. The van der Waals surface area contributed by atoms with E-state index >= 15 is 0 Å². The zero-order chi connectivity index (χ0) is 13.4. The molecule has 100 valence electrons. The van der Waals surface area contributed by atoms with E-state index in [-0.39, 0.29) is 12.5 Å². The minimum atomic E-state index is -0.00279. The first kappa shape index (κ1) is 14.5. The second kappa shape index (κ2) is 7.71. The molecule has 1 aromatic rings. The Labute approximate surface area is 108 Å². The van der Waals surface area contributed by atoms with Crippen LogP contribution in [0.3, 0.4) is 0 Å². The monoisotopic (exact) mass is 250 g/mol. The van der Waals surface area contributed by atoms with Gasteiger partial charge in [-0.15, -0.1) is 0 Å². The van der Waals surface area contributed by atoms with Gasteiger partial charge in [-0.05, 0) is 30.0 Å². The summed E-state index contributed by atoms with van der Waals surface area (Å²) in [7, 11) is 0. The molecule has 0 spiro atoms. The lowest BCUT2D eigenvalue weighted by Gasteiger charge is -2.14. The lowest BCUT2D eigenvalue weighted by Crippen LogP contribution is -2.30. The Morgan fingerprint density at radius 2 is 2.28 bits per heavy atom. The number of benzene rings is 1. The van der Waals surface area contributed by atoms with Gasteiger partial charge < -0.3 is 16.2 Å². The van der Waals surface area contributed by atoms with Crippen LogP contribution < -0.4 is 11.1 Å². The van der Waals surface area contributed by atoms with Gasteiger partial charge in [0.15, 0.2) is 0 Å². The molecule has 1 amide bonds. The van der Waals surface area contributed by atoms with Gasteiger partial charge in [-0.1, -0.05) is 25.5 Å². The van der Waals surface area contributed by atoms with Crippen LogP contribution in [-0.4, -0.2) is 24.2 Å². The highest BCUT2D eigenvalue weighted by Crippen LogP contribution is 2.08. The first-order valence-corrected chi connectivity index (χ1v) is 6.37. The van der Waals surface area contributed by atoms with E-state index in [0.29, 0.717) is 24.6 Å². The van der Waals surface area contributed by atoms with Gasteiger partial charge in [0.25, 0.3) is 0 Å². The van der Waals surface area contributed by atoms with Crippen LogP contribution in [0.5, 0.6) is 0 Å². The molecule has 0 radical (unpaired) electrons. The summed E-state index contributed by atoms with van der Waals surface area (Å²) < 4.78 is 0. The molecule has 1 unspecified atom stereocenters. The first-order valence-electron chi connectivity index (χ1n) is 6.37. The standard InChI is InChI=1S/C14H22N2O2/c1-2-11(6-7-17)10-16-14(18)9-12-4-3-5-13(15)8-12/h3-5,8,11,17H,2,6-7,9-10,15H2,1H3,(H,16,18). The number of nitrogens with one attached hydrogen (secondary N) is 1. The van der Waals surface area contributed by atoms with Gasteiger partial charge in [0.1, 0.15) is 0 Å². The molecular weight excluding hydrogens is 228 g/mol. The Morgan fingerprint density at radius 1 is 1.50 bits per heavy atom.